The lowest BCUT2D eigenvalue weighted by Gasteiger charge is -2.37. The minimum atomic E-state index is -0.825. The van der Waals surface area contributed by atoms with E-state index in [4.69, 9.17) is 24.1 Å². The third-order valence-electron chi connectivity index (χ3n) is 5.99. The number of phenols is 1. The third-order valence-corrected chi connectivity index (χ3v) is 5.99. The summed E-state index contributed by atoms with van der Waals surface area (Å²) in [5, 5.41) is 19.4. The van der Waals surface area contributed by atoms with Crippen LogP contribution in [0.1, 0.15) is 42.8 Å². The monoisotopic (exact) mass is 490 g/mol. The van der Waals surface area contributed by atoms with Crippen molar-refractivity contribution in [3.63, 3.8) is 0 Å². The number of hydrogen-bond donors (Lipinski definition) is 2. The first-order chi connectivity index (χ1) is 17.5. The molecule has 0 bridgehead atoms. The number of aromatic hydroxyl groups is 1. The van der Waals surface area contributed by atoms with Gasteiger partial charge in [0.25, 0.3) is 0 Å². The fraction of sp³-hybridized carbons (Fsp3) is 0.276. The molecule has 3 aromatic rings. The van der Waals surface area contributed by atoms with Crippen molar-refractivity contribution in [1.82, 2.24) is 0 Å². The lowest BCUT2D eigenvalue weighted by atomic mass is 9.91. The summed E-state index contributed by atoms with van der Waals surface area (Å²) in [4.78, 5) is 10.8. The van der Waals surface area contributed by atoms with Crippen LogP contribution < -0.4 is 9.47 Å². The molecule has 0 saturated carbocycles. The van der Waals surface area contributed by atoms with E-state index in [9.17, 15) is 9.90 Å². The molecule has 36 heavy (non-hydrogen) atoms. The Hall–Kier alpha value is -3.81. The van der Waals surface area contributed by atoms with E-state index in [-0.39, 0.29) is 18.1 Å². The number of rotatable bonds is 10. The number of methoxy groups -OCH3 is 1. The fourth-order valence-corrected chi connectivity index (χ4v) is 4.13. The molecule has 1 heterocycles. The Bertz CT molecular complexity index is 1170. The SMILES string of the molecule is COc1ccc(Oc2ccccc2[C@H]2OC[C@@H](C/C=C/CCC(=O)O)[C@@H](c3ccccc3O)O2)cc1. The van der Waals surface area contributed by atoms with Crippen molar-refractivity contribution in [3.8, 4) is 23.0 Å². The van der Waals surface area contributed by atoms with Gasteiger partial charge in [-0.25, -0.2) is 0 Å². The van der Waals surface area contributed by atoms with Gasteiger partial charge in [0.2, 0.25) is 0 Å². The molecule has 1 aliphatic rings. The highest BCUT2D eigenvalue weighted by Gasteiger charge is 2.35. The predicted molar refractivity (Wildman–Crippen MR) is 134 cm³/mol. The lowest BCUT2D eigenvalue weighted by Crippen LogP contribution is -2.30. The molecule has 0 aliphatic carbocycles. The van der Waals surface area contributed by atoms with Gasteiger partial charge in [-0.2, -0.15) is 0 Å². The Balaban J connectivity index is 1.54. The maximum atomic E-state index is 10.8. The van der Waals surface area contributed by atoms with Crippen LogP contribution in [0.25, 0.3) is 0 Å². The molecule has 3 atom stereocenters. The smallest absolute Gasteiger partial charge is 0.303 e. The van der Waals surface area contributed by atoms with Crippen LogP contribution >= 0.6 is 0 Å². The molecule has 0 aromatic heterocycles. The number of phenolic OH excluding ortho intramolecular Hbond substituents is 1. The van der Waals surface area contributed by atoms with Crippen molar-refractivity contribution < 1.29 is 34.0 Å². The Morgan fingerprint density at radius 2 is 1.67 bits per heavy atom. The van der Waals surface area contributed by atoms with E-state index in [0.29, 0.717) is 36.5 Å². The first kappa shape index (κ1) is 25.3. The molecule has 4 rings (SSSR count). The Morgan fingerprint density at radius 1 is 0.972 bits per heavy atom. The van der Waals surface area contributed by atoms with Crippen LogP contribution in [0.4, 0.5) is 0 Å². The van der Waals surface area contributed by atoms with Crippen LogP contribution in [0.15, 0.2) is 84.9 Å². The molecule has 1 aliphatic heterocycles. The van der Waals surface area contributed by atoms with Gasteiger partial charge < -0.3 is 29.2 Å². The highest BCUT2D eigenvalue weighted by molar-refractivity contribution is 5.66. The van der Waals surface area contributed by atoms with Gasteiger partial charge >= 0.3 is 5.97 Å². The Morgan fingerprint density at radius 3 is 2.39 bits per heavy atom. The van der Waals surface area contributed by atoms with E-state index in [0.717, 1.165) is 11.3 Å². The fourth-order valence-electron chi connectivity index (χ4n) is 4.13. The molecule has 7 nitrogen and oxygen atoms in total. The first-order valence-corrected chi connectivity index (χ1v) is 11.9. The minimum Gasteiger partial charge on any atom is -0.508 e. The highest BCUT2D eigenvalue weighted by atomic mass is 16.7. The van der Waals surface area contributed by atoms with E-state index < -0.39 is 18.4 Å². The molecule has 1 fully saturated rings. The van der Waals surface area contributed by atoms with Gasteiger partial charge in [-0.15, -0.1) is 0 Å². The summed E-state index contributed by atoms with van der Waals surface area (Å²) in [6, 6.07) is 22.0. The largest absolute Gasteiger partial charge is 0.508 e. The Labute approximate surface area is 210 Å². The van der Waals surface area contributed by atoms with Gasteiger partial charge in [-0.1, -0.05) is 48.6 Å². The number of ether oxygens (including phenoxy) is 4. The molecule has 3 aromatic carbocycles. The first-order valence-electron chi connectivity index (χ1n) is 11.9. The van der Waals surface area contributed by atoms with Gasteiger partial charge in [0.1, 0.15) is 23.0 Å². The maximum absolute atomic E-state index is 10.8. The number of aliphatic carboxylic acids is 1. The summed E-state index contributed by atoms with van der Waals surface area (Å²) in [5.41, 5.74) is 1.42. The van der Waals surface area contributed by atoms with Crippen molar-refractivity contribution in [2.45, 2.75) is 31.7 Å². The summed E-state index contributed by atoms with van der Waals surface area (Å²) in [7, 11) is 1.61. The topological polar surface area (TPSA) is 94.5 Å². The van der Waals surface area contributed by atoms with Crippen LogP contribution in [0.3, 0.4) is 0 Å². The summed E-state index contributed by atoms with van der Waals surface area (Å²) in [6.07, 6.45) is 3.86. The average Bonchev–Trinajstić information content (AvgIpc) is 2.89. The predicted octanol–water partition coefficient (Wildman–Crippen LogP) is 6.41. The average molecular weight is 491 g/mol. The molecule has 188 valence electrons. The van der Waals surface area contributed by atoms with Gasteiger partial charge in [-0.05, 0) is 49.2 Å². The molecular formula is C29H30O7. The number of benzene rings is 3. The summed E-state index contributed by atoms with van der Waals surface area (Å²) >= 11 is 0. The van der Waals surface area contributed by atoms with E-state index in [2.05, 4.69) is 0 Å². The molecular weight excluding hydrogens is 460 g/mol. The zero-order valence-corrected chi connectivity index (χ0v) is 20.1. The van der Waals surface area contributed by atoms with Crippen LogP contribution in [0.2, 0.25) is 0 Å². The van der Waals surface area contributed by atoms with Gasteiger partial charge in [-0.3, -0.25) is 4.79 Å². The molecule has 1 saturated heterocycles. The van der Waals surface area contributed by atoms with Crippen molar-refractivity contribution in [2.24, 2.45) is 5.92 Å². The van der Waals surface area contributed by atoms with Crippen LogP contribution in [0, 0.1) is 5.92 Å². The number of hydrogen-bond acceptors (Lipinski definition) is 6. The van der Waals surface area contributed by atoms with Crippen molar-refractivity contribution >= 4 is 5.97 Å². The molecule has 0 unspecified atom stereocenters. The van der Waals surface area contributed by atoms with Crippen molar-refractivity contribution in [2.75, 3.05) is 13.7 Å². The summed E-state index contributed by atoms with van der Waals surface area (Å²) in [5.74, 6) is 1.27. The number of carboxylic acid groups (broad SMARTS) is 1. The van der Waals surface area contributed by atoms with Crippen LogP contribution in [0.5, 0.6) is 23.0 Å². The van der Waals surface area contributed by atoms with Crippen molar-refractivity contribution in [3.05, 3.63) is 96.1 Å². The molecule has 7 heteroatoms. The van der Waals surface area contributed by atoms with Gasteiger partial charge in [0, 0.05) is 17.9 Å². The zero-order chi connectivity index (χ0) is 25.3. The molecule has 2 N–H and O–H groups in total. The lowest BCUT2D eigenvalue weighted by molar-refractivity contribution is -0.244. The number of allylic oxidation sites excluding steroid dienone is 2. The van der Waals surface area contributed by atoms with Crippen LogP contribution in [-0.2, 0) is 14.3 Å². The van der Waals surface area contributed by atoms with E-state index in [1.54, 1.807) is 19.2 Å². The number of carboxylic acids is 1. The normalized spacial score (nSPS) is 19.8. The second kappa shape index (κ2) is 12.2. The van der Waals surface area contributed by atoms with E-state index >= 15 is 0 Å². The van der Waals surface area contributed by atoms with Crippen molar-refractivity contribution in [1.29, 1.82) is 0 Å². The van der Waals surface area contributed by atoms with Gasteiger partial charge in [0.15, 0.2) is 6.29 Å². The quantitative estimate of drug-likeness (QED) is 0.317. The summed E-state index contributed by atoms with van der Waals surface area (Å²) < 4.78 is 24.0. The standard InChI is InChI=1S/C29H30O7/c1-33-21-15-17-22(18-16-21)35-26-13-8-6-11-24(26)29-34-19-20(9-3-2-4-14-27(31)32)28(36-29)23-10-5-7-12-25(23)30/h2-3,5-8,10-13,15-18,20,28-30H,4,9,14,19H2,1H3,(H,31,32)/b3-2+/t20-,28+,29+/m1/s1. The second-order valence-corrected chi connectivity index (χ2v) is 8.50. The van der Waals surface area contributed by atoms with Crippen LogP contribution in [-0.4, -0.2) is 29.9 Å². The second-order valence-electron chi connectivity index (χ2n) is 8.50. The summed E-state index contributed by atoms with van der Waals surface area (Å²) in [6.45, 7) is 0.393. The molecule has 0 radical (unpaired) electrons. The third kappa shape index (κ3) is 6.44. The number of carbonyl (C=O) groups is 1. The maximum Gasteiger partial charge on any atom is 0.303 e. The zero-order valence-electron chi connectivity index (χ0n) is 20.1. The minimum absolute atomic E-state index is 0.0645. The van der Waals surface area contributed by atoms with E-state index in [1.807, 2.05) is 72.8 Å². The van der Waals surface area contributed by atoms with Gasteiger partial charge in [0.05, 0.1) is 25.4 Å². The van der Waals surface area contributed by atoms with E-state index in [1.165, 1.54) is 0 Å². The number of para-hydroxylation sites is 2. The molecule has 0 amide bonds. The molecule has 0 spiro atoms. The Kier molecular flexibility index (Phi) is 8.60. The highest BCUT2D eigenvalue weighted by Crippen LogP contribution is 2.44.